The molecular formula is C12H16O7S2. The molecule has 0 bridgehead atoms. The van der Waals surface area contributed by atoms with Crippen molar-refractivity contribution in [2.45, 2.75) is 0 Å². The van der Waals surface area contributed by atoms with Gasteiger partial charge in [0.2, 0.25) is 0 Å². The molecule has 0 aliphatic rings. The van der Waals surface area contributed by atoms with E-state index in [2.05, 4.69) is 0 Å². The van der Waals surface area contributed by atoms with Crippen molar-refractivity contribution in [3.05, 3.63) is 29.8 Å². The number of carboxylic acids is 1. The monoisotopic (exact) mass is 336 g/mol. The van der Waals surface area contributed by atoms with Crippen molar-refractivity contribution in [1.29, 1.82) is 0 Å². The lowest BCUT2D eigenvalue weighted by atomic mass is 10.2. The maximum Gasteiger partial charge on any atom is 0.335 e. The third kappa shape index (κ3) is 7.09. The summed E-state index contributed by atoms with van der Waals surface area (Å²) < 4.78 is 50.2. The molecule has 1 N–H and O–H groups in total. The Bertz CT molecular complexity index is 705. The molecule has 0 radical (unpaired) electrons. The number of hydrogen-bond acceptors (Lipinski definition) is 6. The number of carbonyl (C=O) groups is 1. The molecule has 0 saturated carbocycles. The van der Waals surface area contributed by atoms with Crippen LogP contribution in [0.3, 0.4) is 0 Å². The molecule has 0 aliphatic carbocycles. The van der Waals surface area contributed by atoms with E-state index in [1.165, 1.54) is 24.3 Å². The Balaban J connectivity index is 2.53. The van der Waals surface area contributed by atoms with Crippen molar-refractivity contribution < 1.29 is 31.5 Å². The van der Waals surface area contributed by atoms with Gasteiger partial charge in [-0.15, -0.1) is 0 Å². The molecule has 1 rings (SSSR count). The Morgan fingerprint density at radius 3 is 2.38 bits per heavy atom. The summed E-state index contributed by atoms with van der Waals surface area (Å²) in [6.45, 7) is -0.171. The van der Waals surface area contributed by atoms with E-state index < -0.39 is 37.1 Å². The molecule has 1 aromatic rings. The summed E-state index contributed by atoms with van der Waals surface area (Å²) in [4.78, 5) is 10.8. The number of ether oxygens (including phenoxy) is 1. The van der Waals surface area contributed by atoms with Crippen molar-refractivity contribution in [1.82, 2.24) is 0 Å². The van der Waals surface area contributed by atoms with Gasteiger partial charge in [0.15, 0.2) is 9.84 Å². The van der Waals surface area contributed by atoms with Crippen LogP contribution in [0.1, 0.15) is 10.4 Å². The zero-order chi connectivity index (χ0) is 16.1. The van der Waals surface area contributed by atoms with Gasteiger partial charge in [-0.25, -0.2) is 21.6 Å². The zero-order valence-electron chi connectivity index (χ0n) is 11.4. The van der Waals surface area contributed by atoms with E-state index in [4.69, 9.17) is 9.84 Å². The fourth-order valence-electron chi connectivity index (χ4n) is 1.39. The van der Waals surface area contributed by atoms with Gasteiger partial charge in [0, 0.05) is 6.26 Å². The average Bonchev–Trinajstić information content (AvgIpc) is 2.36. The van der Waals surface area contributed by atoms with Crippen LogP contribution in [0.15, 0.2) is 24.3 Å². The first-order valence-electron chi connectivity index (χ1n) is 5.93. The van der Waals surface area contributed by atoms with Crippen LogP contribution in [0.2, 0.25) is 0 Å². The lowest BCUT2D eigenvalue weighted by molar-refractivity contribution is 0.0696. The second kappa shape index (κ2) is 6.90. The highest BCUT2D eigenvalue weighted by Gasteiger charge is 2.15. The molecule has 0 spiro atoms. The van der Waals surface area contributed by atoms with Gasteiger partial charge in [0.05, 0.1) is 22.8 Å². The average molecular weight is 336 g/mol. The maximum absolute atomic E-state index is 11.6. The molecule has 21 heavy (non-hydrogen) atoms. The quantitative estimate of drug-likeness (QED) is 0.722. The SMILES string of the molecule is CS(=O)(=O)CCS(=O)(=O)CCOc1cccc(C(=O)O)c1. The molecule has 0 atom stereocenters. The van der Waals surface area contributed by atoms with Gasteiger partial charge in [-0.05, 0) is 18.2 Å². The number of aromatic carboxylic acids is 1. The Morgan fingerprint density at radius 1 is 1.14 bits per heavy atom. The predicted molar refractivity (Wildman–Crippen MR) is 77.3 cm³/mol. The minimum atomic E-state index is -3.53. The number of hydrogen-bond donors (Lipinski definition) is 1. The van der Waals surface area contributed by atoms with Gasteiger partial charge >= 0.3 is 5.97 Å². The van der Waals surface area contributed by atoms with Crippen LogP contribution in [0.25, 0.3) is 0 Å². The molecule has 0 aliphatic heterocycles. The summed E-state index contributed by atoms with van der Waals surface area (Å²) in [7, 11) is -6.87. The molecule has 0 fully saturated rings. The molecule has 118 valence electrons. The van der Waals surface area contributed by atoms with Crippen LogP contribution in [0.5, 0.6) is 5.75 Å². The van der Waals surface area contributed by atoms with Crippen molar-refractivity contribution in [3.8, 4) is 5.75 Å². The van der Waals surface area contributed by atoms with Gasteiger partial charge in [-0.3, -0.25) is 0 Å². The third-order valence-electron chi connectivity index (χ3n) is 2.51. The number of rotatable bonds is 8. The van der Waals surface area contributed by atoms with Crippen molar-refractivity contribution in [2.75, 3.05) is 30.1 Å². The van der Waals surface area contributed by atoms with E-state index >= 15 is 0 Å². The van der Waals surface area contributed by atoms with Gasteiger partial charge < -0.3 is 9.84 Å². The minimum Gasteiger partial charge on any atom is -0.493 e. The van der Waals surface area contributed by atoms with Crippen LogP contribution < -0.4 is 4.74 Å². The molecule has 0 unspecified atom stereocenters. The molecule has 1 aromatic carbocycles. The topological polar surface area (TPSA) is 115 Å². The molecule has 0 amide bonds. The molecule has 0 aromatic heterocycles. The van der Waals surface area contributed by atoms with Crippen molar-refractivity contribution in [2.24, 2.45) is 0 Å². The van der Waals surface area contributed by atoms with Crippen LogP contribution in [0, 0.1) is 0 Å². The summed E-state index contributed by atoms with van der Waals surface area (Å²) in [6, 6.07) is 5.66. The number of sulfone groups is 2. The van der Waals surface area contributed by atoms with E-state index in [1.807, 2.05) is 0 Å². The molecular weight excluding hydrogens is 320 g/mol. The Morgan fingerprint density at radius 2 is 1.81 bits per heavy atom. The smallest absolute Gasteiger partial charge is 0.335 e. The van der Waals surface area contributed by atoms with Crippen LogP contribution in [-0.4, -0.2) is 58.0 Å². The first-order chi connectivity index (χ1) is 9.59. The van der Waals surface area contributed by atoms with Gasteiger partial charge in [0.25, 0.3) is 0 Å². The Labute approximate surface area is 123 Å². The highest BCUT2D eigenvalue weighted by molar-refractivity contribution is 7.94. The number of carboxylic acid groups (broad SMARTS) is 1. The summed E-state index contributed by atoms with van der Waals surface area (Å²) >= 11 is 0. The summed E-state index contributed by atoms with van der Waals surface area (Å²) in [5.74, 6) is -2.08. The van der Waals surface area contributed by atoms with E-state index in [-0.39, 0.29) is 23.7 Å². The molecule has 7 nitrogen and oxygen atoms in total. The maximum atomic E-state index is 11.6. The predicted octanol–water partition coefficient (Wildman–Crippen LogP) is 0.223. The van der Waals surface area contributed by atoms with E-state index in [0.29, 0.717) is 0 Å². The lowest BCUT2D eigenvalue weighted by Crippen LogP contribution is -2.22. The highest BCUT2D eigenvalue weighted by atomic mass is 32.2. The summed E-state index contributed by atoms with van der Waals surface area (Å²) in [5, 5.41) is 8.80. The van der Waals surface area contributed by atoms with E-state index in [0.717, 1.165) is 6.26 Å². The van der Waals surface area contributed by atoms with Crippen LogP contribution in [-0.2, 0) is 19.7 Å². The van der Waals surface area contributed by atoms with Crippen molar-refractivity contribution in [3.63, 3.8) is 0 Å². The van der Waals surface area contributed by atoms with E-state index in [9.17, 15) is 21.6 Å². The van der Waals surface area contributed by atoms with Crippen LogP contribution in [0.4, 0.5) is 0 Å². The lowest BCUT2D eigenvalue weighted by Gasteiger charge is -2.07. The van der Waals surface area contributed by atoms with Gasteiger partial charge in [-0.2, -0.15) is 0 Å². The fourth-order valence-corrected chi connectivity index (χ4v) is 4.15. The standard InChI is InChI=1S/C12H16O7S2/c1-20(15,16)7-8-21(17,18)6-5-19-11-4-2-3-10(9-11)12(13)14/h2-4,9H,5-8H2,1H3,(H,13,14). The number of benzene rings is 1. The van der Waals surface area contributed by atoms with Gasteiger partial charge in [0.1, 0.15) is 22.2 Å². The van der Waals surface area contributed by atoms with Crippen molar-refractivity contribution >= 4 is 25.6 Å². The Hall–Kier alpha value is -1.61. The second-order valence-electron chi connectivity index (χ2n) is 4.46. The molecule has 0 heterocycles. The molecule has 0 saturated heterocycles. The van der Waals surface area contributed by atoms with Crippen LogP contribution >= 0.6 is 0 Å². The summed E-state index contributed by atoms with van der Waals surface area (Å²) in [6.07, 6.45) is 0.969. The molecule has 9 heteroatoms. The first kappa shape index (κ1) is 17.4. The fraction of sp³-hybridized carbons (Fsp3) is 0.417. The largest absolute Gasteiger partial charge is 0.493 e. The highest BCUT2D eigenvalue weighted by Crippen LogP contribution is 2.13. The minimum absolute atomic E-state index is 0.0347. The van der Waals surface area contributed by atoms with Gasteiger partial charge in [-0.1, -0.05) is 6.07 Å². The second-order valence-corrected chi connectivity index (χ2v) is 9.03. The first-order valence-corrected chi connectivity index (χ1v) is 9.81. The van der Waals surface area contributed by atoms with E-state index in [1.54, 1.807) is 0 Å². The third-order valence-corrected chi connectivity index (χ3v) is 5.33. The Kier molecular flexibility index (Phi) is 5.73. The zero-order valence-corrected chi connectivity index (χ0v) is 13.0. The normalized spacial score (nSPS) is 12.0. The summed E-state index contributed by atoms with van der Waals surface area (Å²) in [5.41, 5.74) is 0.0347.